The van der Waals surface area contributed by atoms with Crippen molar-refractivity contribution in [1.29, 1.82) is 0 Å². The minimum Gasteiger partial charge on any atom is -0.345 e. The minimum atomic E-state index is 0.171. The maximum absolute atomic E-state index is 5.10. The molecule has 0 radical (unpaired) electrons. The molecule has 1 rings (SSSR count). The molecular weight excluding hydrogens is 244 g/mol. The molecule has 0 aromatic carbocycles. The maximum atomic E-state index is 5.10. The van der Waals surface area contributed by atoms with Crippen molar-refractivity contribution in [2.75, 3.05) is 0 Å². The lowest BCUT2D eigenvalue weighted by atomic mass is 9.79. The van der Waals surface area contributed by atoms with E-state index in [1.807, 2.05) is 0 Å². The summed E-state index contributed by atoms with van der Waals surface area (Å²) in [5.74, 6) is 1.69. The van der Waals surface area contributed by atoms with Crippen molar-refractivity contribution in [1.82, 2.24) is 9.97 Å². The van der Waals surface area contributed by atoms with Crippen LogP contribution >= 0.6 is 0 Å². The van der Waals surface area contributed by atoms with Gasteiger partial charge in [0.25, 0.3) is 0 Å². The first-order chi connectivity index (χ1) is 9.27. The maximum Gasteiger partial charge on any atom is 0.112 e. The summed E-state index contributed by atoms with van der Waals surface area (Å²) in [4.78, 5) is 8.79. The lowest BCUT2D eigenvalue weighted by molar-refractivity contribution is 0.402. The van der Waals surface area contributed by atoms with Gasteiger partial charge in [0.05, 0.1) is 5.69 Å². The molecule has 0 aliphatic rings. The van der Waals surface area contributed by atoms with E-state index in [0.717, 1.165) is 25.7 Å². The first-order valence-electron chi connectivity index (χ1n) is 8.38. The summed E-state index contributed by atoms with van der Waals surface area (Å²) in [6, 6.07) is 0. The summed E-state index contributed by atoms with van der Waals surface area (Å²) in [5.41, 5.74) is 3.01. The Labute approximate surface area is 125 Å². The van der Waals surface area contributed by atoms with Crippen LogP contribution in [0, 0.1) is 0 Å². The average molecular weight is 278 g/mol. The third-order valence-electron chi connectivity index (χ3n) is 5.57. The van der Waals surface area contributed by atoms with Crippen LogP contribution in [0.1, 0.15) is 104 Å². The standard InChI is InChI=1S/C18H34N2/c1-9-17(7,10-2)15-14(13(5)6)19-16(20-15)18(8,11-3)12-4/h13H,9-12H2,1-8H3,(H,19,20). The molecule has 0 unspecified atom stereocenters. The second kappa shape index (κ2) is 6.32. The zero-order valence-electron chi connectivity index (χ0n) is 14.9. The molecular formula is C18H34N2. The topological polar surface area (TPSA) is 28.7 Å². The van der Waals surface area contributed by atoms with Gasteiger partial charge in [-0.05, 0) is 31.6 Å². The number of nitrogens with zero attached hydrogens (tertiary/aromatic N) is 1. The van der Waals surface area contributed by atoms with Crippen molar-refractivity contribution < 1.29 is 0 Å². The number of aromatic amines is 1. The number of H-pyrrole nitrogens is 1. The van der Waals surface area contributed by atoms with Gasteiger partial charge in [-0.15, -0.1) is 0 Å². The summed E-state index contributed by atoms with van der Waals surface area (Å²) in [6.07, 6.45) is 4.54. The van der Waals surface area contributed by atoms with Crippen LogP contribution < -0.4 is 0 Å². The number of hydrogen-bond donors (Lipinski definition) is 1. The molecule has 1 heterocycles. The lowest BCUT2D eigenvalue weighted by Gasteiger charge is -2.27. The van der Waals surface area contributed by atoms with Crippen LogP contribution in [0.4, 0.5) is 0 Å². The molecule has 0 aliphatic carbocycles. The van der Waals surface area contributed by atoms with E-state index in [1.54, 1.807) is 0 Å². The number of nitrogens with one attached hydrogen (secondary N) is 1. The van der Waals surface area contributed by atoms with Crippen LogP contribution in [-0.2, 0) is 10.8 Å². The molecule has 20 heavy (non-hydrogen) atoms. The fourth-order valence-corrected chi connectivity index (χ4v) is 2.72. The predicted molar refractivity (Wildman–Crippen MR) is 88.5 cm³/mol. The van der Waals surface area contributed by atoms with Gasteiger partial charge in [-0.1, -0.05) is 55.4 Å². The fraction of sp³-hybridized carbons (Fsp3) is 0.833. The van der Waals surface area contributed by atoms with Gasteiger partial charge in [0.15, 0.2) is 0 Å². The molecule has 2 heteroatoms. The van der Waals surface area contributed by atoms with E-state index in [2.05, 4.69) is 60.4 Å². The molecule has 1 aromatic rings. The highest BCUT2D eigenvalue weighted by Crippen LogP contribution is 2.38. The lowest BCUT2D eigenvalue weighted by Crippen LogP contribution is -2.24. The molecule has 0 saturated heterocycles. The van der Waals surface area contributed by atoms with Gasteiger partial charge < -0.3 is 4.98 Å². The molecule has 0 saturated carbocycles. The van der Waals surface area contributed by atoms with Crippen molar-refractivity contribution >= 4 is 0 Å². The Hall–Kier alpha value is -0.790. The van der Waals surface area contributed by atoms with E-state index in [4.69, 9.17) is 4.98 Å². The second-order valence-corrected chi connectivity index (χ2v) is 7.04. The van der Waals surface area contributed by atoms with Crippen LogP contribution in [0.2, 0.25) is 0 Å². The molecule has 116 valence electrons. The molecule has 1 N–H and O–H groups in total. The summed E-state index contributed by atoms with van der Waals surface area (Å²) in [7, 11) is 0. The van der Waals surface area contributed by atoms with E-state index < -0.39 is 0 Å². The number of imidazole rings is 1. The van der Waals surface area contributed by atoms with Gasteiger partial charge in [0.2, 0.25) is 0 Å². The number of hydrogen-bond acceptors (Lipinski definition) is 1. The summed E-state index contributed by atoms with van der Waals surface area (Å²) in [5, 5.41) is 0. The third kappa shape index (κ3) is 2.94. The summed E-state index contributed by atoms with van der Waals surface area (Å²) >= 11 is 0. The van der Waals surface area contributed by atoms with Gasteiger partial charge in [-0.25, -0.2) is 4.98 Å². The summed E-state index contributed by atoms with van der Waals surface area (Å²) in [6.45, 7) is 18.3. The Kier molecular flexibility index (Phi) is 5.46. The van der Waals surface area contributed by atoms with E-state index in [9.17, 15) is 0 Å². The Morgan fingerprint density at radius 1 is 0.900 bits per heavy atom. The van der Waals surface area contributed by atoms with Gasteiger partial charge in [0.1, 0.15) is 5.82 Å². The van der Waals surface area contributed by atoms with Crippen molar-refractivity contribution in [3.05, 3.63) is 17.2 Å². The van der Waals surface area contributed by atoms with Crippen molar-refractivity contribution in [2.45, 2.75) is 97.8 Å². The third-order valence-corrected chi connectivity index (χ3v) is 5.57. The molecule has 0 bridgehead atoms. The monoisotopic (exact) mass is 278 g/mol. The summed E-state index contributed by atoms with van der Waals surface area (Å²) < 4.78 is 0. The van der Waals surface area contributed by atoms with Crippen molar-refractivity contribution in [3.63, 3.8) is 0 Å². The van der Waals surface area contributed by atoms with Crippen LogP contribution in [0.5, 0.6) is 0 Å². The fourth-order valence-electron chi connectivity index (χ4n) is 2.72. The highest BCUT2D eigenvalue weighted by atomic mass is 15.0. The SMILES string of the molecule is CCC(C)(CC)c1nc(C(C)(CC)CC)c(C(C)C)[nH]1. The van der Waals surface area contributed by atoms with Crippen molar-refractivity contribution in [3.8, 4) is 0 Å². The quantitative estimate of drug-likeness (QED) is 0.682. The molecule has 0 spiro atoms. The largest absolute Gasteiger partial charge is 0.345 e. The van der Waals surface area contributed by atoms with Gasteiger partial charge in [0, 0.05) is 16.5 Å². The van der Waals surface area contributed by atoms with Crippen LogP contribution in [0.25, 0.3) is 0 Å². The van der Waals surface area contributed by atoms with Crippen molar-refractivity contribution in [2.24, 2.45) is 0 Å². The molecule has 0 atom stereocenters. The van der Waals surface area contributed by atoms with Gasteiger partial charge in [-0.2, -0.15) is 0 Å². The second-order valence-electron chi connectivity index (χ2n) is 7.04. The predicted octanol–water partition coefficient (Wildman–Crippen LogP) is 5.69. The average Bonchev–Trinajstić information content (AvgIpc) is 2.92. The normalized spacial score (nSPS) is 13.2. The number of aromatic nitrogens is 2. The van der Waals surface area contributed by atoms with E-state index in [1.165, 1.54) is 17.2 Å². The van der Waals surface area contributed by atoms with Crippen LogP contribution in [-0.4, -0.2) is 9.97 Å². The van der Waals surface area contributed by atoms with E-state index in [-0.39, 0.29) is 10.8 Å². The molecule has 1 aromatic heterocycles. The Morgan fingerprint density at radius 3 is 1.70 bits per heavy atom. The smallest absolute Gasteiger partial charge is 0.112 e. The first-order valence-corrected chi connectivity index (χ1v) is 8.38. The Bertz CT molecular complexity index is 421. The minimum absolute atomic E-state index is 0.171. The van der Waals surface area contributed by atoms with Gasteiger partial charge in [-0.3, -0.25) is 0 Å². The van der Waals surface area contributed by atoms with E-state index >= 15 is 0 Å². The highest BCUT2D eigenvalue weighted by molar-refractivity contribution is 5.28. The molecule has 0 amide bonds. The van der Waals surface area contributed by atoms with Gasteiger partial charge >= 0.3 is 0 Å². The molecule has 2 nitrogen and oxygen atoms in total. The Balaban J connectivity index is 3.42. The molecule has 0 aliphatic heterocycles. The molecule has 0 fully saturated rings. The first kappa shape index (κ1) is 17.3. The van der Waals surface area contributed by atoms with Crippen LogP contribution in [0.3, 0.4) is 0 Å². The Morgan fingerprint density at radius 2 is 1.35 bits per heavy atom. The van der Waals surface area contributed by atoms with Crippen LogP contribution in [0.15, 0.2) is 0 Å². The zero-order valence-corrected chi connectivity index (χ0v) is 14.9. The zero-order chi connectivity index (χ0) is 15.6. The number of rotatable bonds is 7. The highest BCUT2D eigenvalue weighted by Gasteiger charge is 2.34. The van der Waals surface area contributed by atoms with E-state index in [0.29, 0.717) is 5.92 Å².